The first-order valence-corrected chi connectivity index (χ1v) is 11.3. The maximum atomic E-state index is 13.1. The maximum Gasteiger partial charge on any atom is 0.254 e. The molecule has 0 spiro atoms. The third-order valence-electron chi connectivity index (χ3n) is 4.90. The Hall–Kier alpha value is -1.15. The highest BCUT2D eigenvalue weighted by Crippen LogP contribution is 2.27. The van der Waals surface area contributed by atoms with Gasteiger partial charge in [-0.15, -0.1) is 0 Å². The van der Waals surface area contributed by atoms with Crippen LogP contribution in [-0.2, 0) is 14.8 Å². The summed E-state index contributed by atoms with van der Waals surface area (Å²) in [5.74, 6) is -0.159. The summed E-state index contributed by atoms with van der Waals surface area (Å²) >= 11 is 6.20. The molecule has 1 aliphatic heterocycles. The molecule has 0 aliphatic carbocycles. The van der Waals surface area contributed by atoms with E-state index in [1.165, 1.54) is 16.4 Å². The van der Waals surface area contributed by atoms with E-state index < -0.39 is 10.0 Å². The highest BCUT2D eigenvalue weighted by Gasteiger charge is 2.30. The summed E-state index contributed by atoms with van der Waals surface area (Å²) in [6, 6.07) is 4.59. The molecule has 0 bridgehead atoms. The molecular weight excluding hydrogens is 388 g/mol. The molecular formula is C19H29ClN2O4S. The van der Waals surface area contributed by atoms with Gasteiger partial charge in [0.05, 0.1) is 18.2 Å². The number of amides is 1. The molecule has 152 valence electrons. The molecule has 0 radical (unpaired) electrons. The number of unbranched alkanes of at least 4 members (excludes halogenated alkanes) is 1. The second-order valence-electron chi connectivity index (χ2n) is 6.77. The minimum atomic E-state index is -3.77. The monoisotopic (exact) mass is 416 g/mol. The molecule has 2 rings (SSSR count). The minimum Gasteiger partial charge on any atom is -0.379 e. The van der Waals surface area contributed by atoms with E-state index in [1.54, 1.807) is 6.07 Å². The molecule has 1 aromatic rings. The molecule has 0 aromatic heterocycles. The summed E-state index contributed by atoms with van der Waals surface area (Å²) in [6.07, 6.45) is 2.72. The van der Waals surface area contributed by atoms with Crippen LogP contribution in [0.15, 0.2) is 23.1 Å². The number of benzene rings is 1. The van der Waals surface area contributed by atoms with Crippen molar-refractivity contribution in [3.8, 4) is 0 Å². The average molecular weight is 417 g/mol. The van der Waals surface area contributed by atoms with Gasteiger partial charge in [0.1, 0.15) is 4.90 Å². The highest BCUT2D eigenvalue weighted by atomic mass is 35.5. The Morgan fingerprint density at radius 1 is 1.30 bits per heavy atom. The first kappa shape index (κ1) is 22.1. The van der Waals surface area contributed by atoms with Gasteiger partial charge in [-0.1, -0.05) is 31.9 Å². The minimum absolute atomic E-state index is 0.0171. The summed E-state index contributed by atoms with van der Waals surface area (Å²) in [5.41, 5.74) is 0.350. The van der Waals surface area contributed by atoms with Gasteiger partial charge in [-0.05, 0) is 38.0 Å². The predicted octanol–water partition coefficient (Wildman–Crippen LogP) is 3.40. The number of carbonyl (C=O) groups is 1. The number of nitrogens with zero attached hydrogens (tertiary/aromatic N) is 2. The fraction of sp³-hybridized carbons (Fsp3) is 0.632. The van der Waals surface area contributed by atoms with Crippen LogP contribution in [0.3, 0.4) is 0 Å². The Bertz CT molecular complexity index is 748. The molecule has 27 heavy (non-hydrogen) atoms. The van der Waals surface area contributed by atoms with E-state index in [0.717, 1.165) is 19.3 Å². The van der Waals surface area contributed by atoms with Crippen LogP contribution < -0.4 is 0 Å². The topological polar surface area (TPSA) is 66.9 Å². The second kappa shape index (κ2) is 9.87. The molecule has 1 aliphatic rings. The van der Waals surface area contributed by atoms with E-state index in [-0.39, 0.29) is 35.0 Å². The zero-order valence-electron chi connectivity index (χ0n) is 16.3. The third kappa shape index (κ3) is 5.22. The lowest BCUT2D eigenvalue weighted by Crippen LogP contribution is -2.41. The SMILES string of the molecule is CCCCN(C(=O)c1ccc(Cl)c(S(=O)(=O)N2CCOCC2)c1)C(C)CC. The van der Waals surface area contributed by atoms with Gasteiger partial charge in [0.25, 0.3) is 5.91 Å². The molecule has 8 heteroatoms. The molecule has 1 fully saturated rings. The van der Waals surface area contributed by atoms with Crippen LogP contribution in [-0.4, -0.2) is 62.4 Å². The van der Waals surface area contributed by atoms with Crippen LogP contribution in [0.5, 0.6) is 0 Å². The Balaban J connectivity index is 2.36. The Labute approximate surface area is 167 Å². The molecule has 1 saturated heterocycles. The number of hydrogen-bond donors (Lipinski definition) is 0. The maximum absolute atomic E-state index is 13.1. The molecule has 1 unspecified atom stereocenters. The quantitative estimate of drug-likeness (QED) is 0.651. The Morgan fingerprint density at radius 3 is 2.56 bits per heavy atom. The van der Waals surface area contributed by atoms with E-state index in [0.29, 0.717) is 25.3 Å². The zero-order valence-corrected chi connectivity index (χ0v) is 17.9. The third-order valence-corrected chi connectivity index (χ3v) is 7.28. The summed E-state index contributed by atoms with van der Waals surface area (Å²) in [7, 11) is -3.77. The Kier molecular flexibility index (Phi) is 8.09. The van der Waals surface area contributed by atoms with E-state index in [2.05, 4.69) is 6.92 Å². The van der Waals surface area contributed by atoms with Crippen LogP contribution >= 0.6 is 11.6 Å². The fourth-order valence-electron chi connectivity index (χ4n) is 3.00. The molecule has 0 saturated carbocycles. The van der Waals surface area contributed by atoms with Crippen molar-refractivity contribution in [2.75, 3.05) is 32.8 Å². The van der Waals surface area contributed by atoms with Gasteiger partial charge in [-0.2, -0.15) is 4.31 Å². The van der Waals surface area contributed by atoms with Crippen LogP contribution in [0.25, 0.3) is 0 Å². The van der Waals surface area contributed by atoms with Crippen molar-refractivity contribution < 1.29 is 17.9 Å². The molecule has 6 nitrogen and oxygen atoms in total. The van der Waals surface area contributed by atoms with E-state index in [9.17, 15) is 13.2 Å². The molecule has 1 atom stereocenters. The van der Waals surface area contributed by atoms with Crippen molar-refractivity contribution in [3.05, 3.63) is 28.8 Å². The van der Waals surface area contributed by atoms with Gasteiger partial charge in [0, 0.05) is 31.2 Å². The van der Waals surface area contributed by atoms with Gasteiger partial charge in [-0.3, -0.25) is 4.79 Å². The van der Waals surface area contributed by atoms with E-state index in [4.69, 9.17) is 16.3 Å². The molecule has 1 amide bonds. The Morgan fingerprint density at radius 2 is 1.96 bits per heavy atom. The number of halogens is 1. The highest BCUT2D eigenvalue weighted by molar-refractivity contribution is 7.89. The second-order valence-corrected chi connectivity index (χ2v) is 9.08. The summed E-state index contributed by atoms with van der Waals surface area (Å²) in [4.78, 5) is 14.9. The zero-order chi connectivity index (χ0) is 20.0. The largest absolute Gasteiger partial charge is 0.379 e. The number of rotatable bonds is 8. The summed E-state index contributed by atoms with van der Waals surface area (Å²) in [6.45, 7) is 8.05. The number of morpholine rings is 1. The number of ether oxygens (including phenoxy) is 1. The molecule has 1 aromatic carbocycles. The lowest BCUT2D eigenvalue weighted by molar-refractivity contribution is 0.0684. The normalized spacial score (nSPS) is 16.9. The predicted molar refractivity (Wildman–Crippen MR) is 107 cm³/mol. The van der Waals surface area contributed by atoms with Crippen LogP contribution in [0.2, 0.25) is 5.02 Å². The first-order valence-electron chi connectivity index (χ1n) is 9.51. The van der Waals surface area contributed by atoms with Gasteiger partial charge in [0.15, 0.2) is 0 Å². The summed E-state index contributed by atoms with van der Waals surface area (Å²) in [5, 5.41) is 0.127. The first-order chi connectivity index (χ1) is 12.8. The van der Waals surface area contributed by atoms with Crippen molar-refractivity contribution >= 4 is 27.5 Å². The van der Waals surface area contributed by atoms with Crippen LogP contribution in [0, 0.1) is 0 Å². The van der Waals surface area contributed by atoms with Crippen molar-refractivity contribution in [2.24, 2.45) is 0 Å². The average Bonchev–Trinajstić information content (AvgIpc) is 2.68. The van der Waals surface area contributed by atoms with Crippen molar-refractivity contribution in [1.29, 1.82) is 0 Å². The smallest absolute Gasteiger partial charge is 0.254 e. The molecule has 1 heterocycles. The van der Waals surface area contributed by atoms with Gasteiger partial charge >= 0.3 is 0 Å². The van der Waals surface area contributed by atoms with Crippen LogP contribution in [0.1, 0.15) is 50.4 Å². The van der Waals surface area contributed by atoms with Gasteiger partial charge in [0.2, 0.25) is 10.0 Å². The van der Waals surface area contributed by atoms with Gasteiger partial charge < -0.3 is 9.64 Å². The lowest BCUT2D eigenvalue weighted by atomic mass is 10.1. The van der Waals surface area contributed by atoms with Crippen LogP contribution in [0.4, 0.5) is 0 Å². The van der Waals surface area contributed by atoms with Crippen molar-refractivity contribution in [2.45, 2.75) is 51.0 Å². The summed E-state index contributed by atoms with van der Waals surface area (Å²) < 4.78 is 32.5. The van der Waals surface area contributed by atoms with Crippen molar-refractivity contribution in [1.82, 2.24) is 9.21 Å². The number of hydrogen-bond acceptors (Lipinski definition) is 4. The number of sulfonamides is 1. The fourth-order valence-corrected chi connectivity index (χ4v) is 4.91. The van der Waals surface area contributed by atoms with E-state index in [1.807, 2.05) is 18.7 Å². The molecule has 0 N–H and O–H groups in total. The van der Waals surface area contributed by atoms with E-state index >= 15 is 0 Å². The van der Waals surface area contributed by atoms with Gasteiger partial charge in [-0.25, -0.2) is 8.42 Å². The van der Waals surface area contributed by atoms with Crippen molar-refractivity contribution in [3.63, 3.8) is 0 Å². The lowest BCUT2D eigenvalue weighted by Gasteiger charge is -2.29. The number of carbonyl (C=O) groups excluding carboxylic acids is 1. The standard InChI is InChI=1S/C19H29ClN2O4S/c1-4-6-9-22(15(3)5-2)19(23)16-7-8-17(20)18(14-16)27(24,25)21-10-12-26-13-11-21/h7-8,14-15H,4-6,9-13H2,1-3H3.